The van der Waals surface area contributed by atoms with Crippen molar-refractivity contribution >= 4 is 5.82 Å². The second-order valence-corrected chi connectivity index (χ2v) is 2.72. The molecule has 0 bridgehead atoms. The maximum absolute atomic E-state index is 4.14. The number of nitrogens with zero attached hydrogens (tertiary/aromatic N) is 2. The van der Waals surface area contributed by atoms with Gasteiger partial charge in [0, 0.05) is 12.4 Å². The van der Waals surface area contributed by atoms with Crippen molar-refractivity contribution in [2.45, 2.75) is 0 Å². The normalized spacial score (nSPS) is 14.1. The Morgan fingerprint density at radius 1 is 1.21 bits per heavy atom. The van der Waals surface area contributed by atoms with Crippen LogP contribution in [0.25, 0.3) is 0 Å². The van der Waals surface area contributed by atoms with Gasteiger partial charge < -0.3 is 0 Å². The lowest BCUT2D eigenvalue weighted by Gasteiger charge is -2.15. The van der Waals surface area contributed by atoms with Gasteiger partial charge >= 0.3 is 0 Å². The van der Waals surface area contributed by atoms with Crippen molar-refractivity contribution in [2.24, 2.45) is 0 Å². The van der Waals surface area contributed by atoms with Gasteiger partial charge in [-0.1, -0.05) is 18.2 Å². The topological polar surface area (TPSA) is 28.2 Å². The molecule has 14 heavy (non-hydrogen) atoms. The summed E-state index contributed by atoms with van der Waals surface area (Å²) in [6, 6.07) is 5.71. The van der Waals surface area contributed by atoms with Gasteiger partial charge in [0.15, 0.2) is 0 Å². The molecule has 1 aliphatic rings. The van der Waals surface area contributed by atoms with E-state index < -0.39 is 0 Å². The number of rotatable bonds is 2. The number of nitrogens with one attached hydrogen (secondary N) is 1. The molecule has 1 aliphatic heterocycles. The Labute approximate surface area is 83.0 Å². The first kappa shape index (κ1) is 8.56. The van der Waals surface area contributed by atoms with E-state index in [9.17, 15) is 0 Å². The van der Waals surface area contributed by atoms with Crippen molar-refractivity contribution in [3.8, 4) is 0 Å². The van der Waals surface area contributed by atoms with Crippen LogP contribution in [0.15, 0.2) is 54.9 Å². The number of pyridine rings is 1. The van der Waals surface area contributed by atoms with Gasteiger partial charge in [-0.2, -0.15) is 0 Å². The predicted octanol–water partition coefficient (Wildman–Crippen LogP) is 2.11. The van der Waals surface area contributed by atoms with Gasteiger partial charge in [0.2, 0.25) is 0 Å². The van der Waals surface area contributed by atoms with Crippen LogP contribution in [0.4, 0.5) is 5.82 Å². The van der Waals surface area contributed by atoms with Crippen molar-refractivity contribution in [2.75, 3.05) is 5.43 Å². The Hall–Kier alpha value is -2.03. The van der Waals surface area contributed by atoms with E-state index in [4.69, 9.17) is 0 Å². The lowest BCUT2D eigenvalue weighted by molar-refractivity contribution is 0.583. The molecule has 1 radical (unpaired) electrons. The van der Waals surface area contributed by atoms with Gasteiger partial charge in [0.25, 0.3) is 0 Å². The second-order valence-electron chi connectivity index (χ2n) is 2.72. The van der Waals surface area contributed by atoms with E-state index in [1.54, 1.807) is 11.2 Å². The summed E-state index contributed by atoms with van der Waals surface area (Å²) in [6.45, 7) is 0. The molecule has 3 heteroatoms. The van der Waals surface area contributed by atoms with Gasteiger partial charge in [-0.3, -0.25) is 10.4 Å². The average molecular weight is 184 g/mol. The molecule has 0 saturated heterocycles. The van der Waals surface area contributed by atoms with Crippen LogP contribution in [0.5, 0.6) is 0 Å². The number of allylic oxidation sites excluding steroid dienone is 4. The minimum atomic E-state index is 0.792. The molecule has 0 unspecified atom stereocenters. The second kappa shape index (κ2) is 4.28. The van der Waals surface area contributed by atoms with Gasteiger partial charge in [0.05, 0.1) is 6.20 Å². The van der Waals surface area contributed by atoms with Crippen LogP contribution in [0, 0.1) is 6.20 Å². The standard InChI is InChI=1S/C11H10N3/c1-2-6-10-14(9-5-1)13-11-7-3-4-8-12-11/h1-9H,(H,12,13). The molecule has 0 aliphatic carbocycles. The molecule has 0 saturated carbocycles. The molecule has 0 atom stereocenters. The zero-order valence-electron chi connectivity index (χ0n) is 7.59. The fraction of sp³-hybridized carbons (Fsp3) is 0. The Morgan fingerprint density at radius 2 is 2.21 bits per heavy atom. The Balaban J connectivity index is 2.05. The van der Waals surface area contributed by atoms with E-state index in [0.717, 1.165) is 5.82 Å². The highest BCUT2D eigenvalue weighted by Gasteiger charge is 1.96. The summed E-state index contributed by atoms with van der Waals surface area (Å²) in [5.74, 6) is 0.792. The van der Waals surface area contributed by atoms with Crippen LogP contribution in [0.2, 0.25) is 0 Å². The molecule has 2 rings (SSSR count). The van der Waals surface area contributed by atoms with Gasteiger partial charge in [-0.05, 0) is 24.3 Å². The average Bonchev–Trinajstić information content (AvgIpc) is 2.48. The van der Waals surface area contributed by atoms with Crippen LogP contribution in [-0.2, 0) is 0 Å². The number of anilines is 1. The zero-order chi connectivity index (χ0) is 9.64. The largest absolute Gasteiger partial charge is 0.277 e. The summed E-state index contributed by atoms with van der Waals surface area (Å²) in [6.07, 6.45) is 14.2. The third-order valence-electron chi connectivity index (χ3n) is 1.67. The molecule has 69 valence electrons. The van der Waals surface area contributed by atoms with Crippen molar-refractivity contribution < 1.29 is 0 Å². The van der Waals surface area contributed by atoms with E-state index in [2.05, 4.69) is 16.6 Å². The smallest absolute Gasteiger partial charge is 0.144 e. The van der Waals surface area contributed by atoms with Crippen molar-refractivity contribution in [3.05, 3.63) is 61.1 Å². The number of hydrogen-bond donors (Lipinski definition) is 1. The molecule has 1 N–H and O–H groups in total. The van der Waals surface area contributed by atoms with Crippen molar-refractivity contribution in [1.82, 2.24) is 9.99 Å². The summed E-state index contributed by atoms with van der Waals surface area (Å²) < 4.78 is 0. The van der Waals surface area contributed by atoms with Crippen LogP contribution in [-0.4, -0.2) is 9.99 Å². The first-order valence-electron chi connectivity index (χ1n) is 4.35. The Bertz CT molecular complexity index is 349. The van der Waals surface area contributed by atoms with Gasteiger partial charge in [-0.25, -0.2) is 4.98 Å². The SMILES string of the molecule is [C]1=CC=CC=CN1Nc1ccccn1. The fourth-order valence-corrected chi connectivity index (χ4v) is 1.04. The third-order valence-corrected chi connectivity index (χ3v) is 1.67. The molecule has 0 spiro atoms. The molecular weight excluding hydrogens is 174 g/mol. The number of hydrazine groups is 1. The summed E-state index contributed by atoms with van der Waals surface area (Å²) in [4.78, 5) is 4.14. The highest BCUT2D eigenvalue weighted by atomic mass is 15.5. The maximum Gasteiger partial charge on any atom is 0.144 e. The molecule has 0 amide bonds. The predicted molar refractivity (Wildman–Crippen MR) is 55.8 cm³/mol. The van der Waals surface area contributed by atoms with E-state index in [0.29, 0.717) is 0 Å². The monoisotopic (exact) mass is 184 g/mol. The first-order chi connectivity index (χ1) is 6.95. The van der Waals surface area contributed by atoms with Gasteiger partial charge in [0.1, 0.15) is 5.82 Å². The highest BCUT2D eigenvalue weighted by molar-refractivity contribution is 5.33. The molecule has 3 nitrogen and oxygen atoms in total. The maximum atomic E-state index is 4.14. The van der Waals surface area contributed by atoms with E-state index in [-0.39, 0.29) is 0 Å². The molecule has 0 fully saturated rings. The summed E-state index contributed by atoms with van der Waals surface area (Å²) in [7, 11) is 0. The van der Waals surface area contributed by atoms with E-state index in [1.165, 1.54) is 0 Å². The first-order valence-corrected chi connectivity index (χ1v) is 4.35. The summed E-state index contributed by atoms with van der Waals surface area (Å²) in [5.41, 5.74) is 3.07. The summed E-state index contributed by atoms with van der Waals surface area (Å²) >= 11 is 0. The minimum Gasteiger partial charge on any atom is -0.277 e. The number of hydrogen-bond acceptors (Lipinski definition) is 3. The van der Waals surface area contributed by atoms with Crippen LogP contribution in [0.3, 0.4) is 0 Å². The molecule has 0 aromatic carbocycles. The Kier molecular flexibility index (Phi) is 2.62. The fourth-order valence-electron chi connectivity index (χ4n) is 1.04. The molecule has 2 heterocycles. The van der Waals surface area contributed by atoms with Crippen LogP contribution >= 0.6 is 0 Å². The molecule has 1 aromatic rings. The van der Waals surface area contributed by atoms with Crippen LogP contribution < -0.4 is 5.43 Å². The van der Waals surface area contributed by atoms with Gasteiger partial charge in [-0.15, -0.1) is 0 Å². The molecule has 1 aromatic heterocycles. The van der Waals surface area contributed by atoms with Crippen molar-refractivity contribution in [3.63, 3.8) is 0 Å². The van der Waals surface area contributed by atoms with Crippen LogP contribution in [0.1, 0.15) is 0 Å². The lowest BCUT2D eigenvalue weighted by Crippen LogP contribution is -2.18. The number of aromatic nitrogens is 1. The molecular formula is C11H10N3. The summed E-state index contributed by atoms with van der Waals surface area (Å²) in [5, 5.41) is 1.72. The zero-order valence-corrected chi connectivity index (χ0v) is 7.59. The Morgan fingerprint density at radius 3 is 3.07 bits per heavy atom. The van der Waals surface area contributed by atoms with E-state index >= 15 is 0 Å². The lowest BCUT2D eigenvalue weighted by atomic mass is 10.5. The quantitative estimate of drug-likeness (QED) is 0.763. The highest BCUT2D eigenvalue weighted by Crippen LogP contribution is 2.04. The minimum absolute atomic E-state index is 0.792. The van der Waals surface area contributed by atoms with E-state index in [1.807, 2.05) is 48.7 Å². The van der Waals surface area contributed by atoms with Crippen molar-refractivity contribution in [1.29, 1.82) is 0 Å². The third kappa shape index (κ3) is 2.23.